The average molecular weight is 225 g/mol. The van der Waals surface area contributed by atoms with Crippen LogP contribution in [0.15, 0.2) is 18.2 Å². The lowest BCUT2D eigenvalue weighted by atomic mass is 10.2. The molecule has 1 aromatic carbocycles. The van der Waals surface area contributed by atoms with E-state index in [9.17, 15) is 0 Å². The number of benzene rings is 1. The third-order valence-electron chi connectivity index (χ3n) is 1.94. The van der Waals surface area contributed by atoms with Crippen molar-refractivity contribution < 1.29 is 4.74 Å². The van der Waals surface area contributed by atoms with Gasteiger partial charge in [0.2, 0.25) is 5.95 Å². The van der Waals surface area contributed by atoms with Crippen LogP contribution < -0.4 is 10.5 Å². The number of hydrogen-bond donors (Lipinski definition) is 2. The second-order valence-electron chi connectivity index (χ2n) is 2.86. The molecule has 0 amide bonds. The quantitative estimate of drug-likeness (QED) is 0.814. The van der Waals surface area contributed by atoms with Crippen LogP contribution in [0.3, 0.4) is 0 Å². The predicted molar refractivity (Wildman–Crippen MR) is 57.8 cm³/mol. The van der Waals surface area contributed by atoms with Gasteiger partial charge in [-0.05, 0) is 12.1 Å². The van der Waals surface area contributed by atoms with E-state index in [-0.39, 0.29) is 5.95 Å². The number of nitrogens with zero attached hydrogens (tertiary/aromatic N) is 2. The Morgan fingerprint density at radius 1 is 1.47 bits per heavy atom. The van der Waals surface area contributed by atoms with E-state index in [4.69, 9.17) is 22.1 Å². The van der Waals surface area contributed by atoms with Gasteiger partial charge in [-0.1, -0.05) is 17.7 Å². The molecule has 0 aliphatic carbocycles. The van der Waals surface area contributed by atoms with Gasteiger partial charge in [-0.25, -0.2) is 0 Å². The van der Waals surface area contributed by atoms with E-state index in [1.807, 2.05) is 12.1 Å². The summed E-state index contributed by atoms with van der Waals surface area (Å²) in [7, 11) is 1.56. The smallest absolute Gasteiger partial charge is 0.239 e. The van der Waals surface area contributed by atoms with E-state index in [0.29, 0.717) is 22.2 Å². The molecule has 0 aliphatic rings. The Labute approximate surface area is 91.2 Å². The molecule has 0 unspecified atom stereocenters. The minimum absolute atomic E-state index is 0.184. The fourth-order valence-electron chi connectivity index (χ4n) is 1.25. The van der Waals surface area contributed by atoms with Crippen LogP contribution in [0.4, 0.5) is 5.95 Å². The first kappa shape index (κ1) is 9.79. The van der Waals surface area contributed by atoms with E-state index in [0.717, 1.165) is 0 Å². The summed E-state index contributed by atoms with van der Waals surface area (Å²) in [6, 6.07) is 5.40. The molecule has 78 valence electrons. The van der Waals surface area contributed by atoms with Crippen LogP contribution in [-0.4, -0.2) is 22.3 Å². The number of H-pyrrole nitrogens is 1. The lowest BCUT2D eigenvalue weighted by Gasteiger charge is -2.05. The number of anilines is 1. The highest BCUT2D eigenvalue weighted by Gasteiger charge is 2.11. The predicted octanol–water partition coefficient (Wildman–Crippen LogP) is 1.72. The summed E-state index contributed by atoms with van der Waals surface area (Å²) in [5.41, 5.74) is 6.12. The van der Waals surface area contributed by atoms with Crippen molar-refractivity contribution in [3.63, 3.8) is 0 Å². The van der Waals surface area contributed by atoms with Crippen LogP contribution >= 0.6 is 11.6 Å². The molecule has 1 aromatic heterocycles. The maximum absolute atomic E-state index is 6.10. The average Bonchev–Trinajstić information content (AvgIpc) is 2.65. The Morgan fingerprint density at radius 3 is 2.87 bits per heavy atom. The molecule has 0 radical (unpaired) electrons. The number of aromatic amines is 1. The molecule has 0 saturated carbocycles. The highest BCUT2D eigenvalue weighted by molar-refractivity contribution is 6.34. The van der Waals surface area contributed by atoms with Gasteiger partial charge in [0.1, 0.15) is 5.75 Å². The monoisotopic (exact) mass is 224 g/mol. The number of aromatic nitrogens is 3. The number of hydrogen-bond acceptors (Lipinski definition) is 4. The summed E-state index contributed by atoms with van der Waals surface area (Å²) in [5, 5.41) is 6.90. The van der Waals surface area contributed by atoms with E-state index in [1.54, 1.807) is 13.2 Å². The number of methoxy groups -OCH3 is 1. The number of nitrogens with one attached hydrogen (secondary N) is 1. The summed E-state index contributed by atoms with van der Waals surface area (Å²) in [6.45, 7) is 0. The number of halogens is 1. The zero-order chi connectivity index (χ0) is 10.8. The van der Waals surface area contributed by atoms with Crippen molar-refractivity contribution in [2.75, 3.05) is 12.8 Å². The first-order valence-electron chi connectivity index (χ1n) is 4.23. The van der Waals surface area contributed by atoms with E-state index >= 15 is 0 Å². The highest BCUT2D eigenvalue weighted by atomic mass is 35.5. The van der Waals surface area contributed by atoms with Gasteiger partial charge in [-0.15, -0.1) is 5.10 Å². The molecule has 2 rings (SSSR count). The fraction of sp³-hybridized carbons (Fsp3) is 0.111. The van der Waals surface area contributed by atoms with Crippen LogP contribution in [0.2, 0.25) is 5.02 Å². The Kier molecular flexibility index (Phi) is 2.47. The maximum Gasteiger partial charge on any atom is 0.239 e. The minimum atomic E-state index is 0.184. The van der Waals surface area contributed by atoms with Gasteiger partial charge in [0.05, 0.1) is 12.1 Å². The lowest BCUT2D eigenvalue weighted by Crippen LogP contribution is -1.88. The molecule has 1 heterocycles. The largest absolute Gasteiger partial charge is 0.495 e. The zero-order valence-electron chi connectivity index (χ0n) is 7.99. The first-order chi connectivity index (χ1) is 7.22. The number of nitrogens with two attached hydrogens (primary N) is 1. The van der Waals surface area contributed by atoms with Crippen molar-refractivity contribution in [2.45, 2.75) is 0 Å². The lowest BCUT2D eigenvalue weighted by molar-refractivity contribution is 0.415. The number of nitrogen functional groups attached to an aromatic ring is 1. The molecular formula is C9H9ClN4O. The normalized spacial score (nSPS) is 10.3. The molecule has 6 heteroatoms. The second-order valence-corrected chi connectivity index (χ2v) is 3.24. The third-order valence-corrected chi connectivity index (χ3v) is 2.33. The molecule has 0 aliphatic heterocycles. The minimum Gasteiger partial charge on any atom is -0.495 e. The topological polar surface area (TPSA) is 76.8 Å². The van der Waals surface area contributed by atoms with Crippen LogP contribution in [0.1, 0.15) is 0 Å². The summed E-state index contributed by atoms with van der Waals surface area (Å²) in [4.78, 5) is 3.99. The standard InChI is InChI=1S/C9H9ClN4O/c1-15-6-4-2-3-5(7(6)10)8-12-9(11)14-13-8/h2-4H,1H3,(H3,11,12,13,14). The molecule has 3 N–H and O–H groups in total. The molecule has 0 fully saturated rings. The van der Waals surface area contributed by atoms with Gasteiger partial charge < -0.3 is 10.5 Å². The van der Waals surface area contributed by atoms with Crippen molar-refractivity contribution in [2.24, 2.45) is 0 Å². The van der Waals surface area contributed by atoms with Crippen LogP contribution in [-0.2, 0) is 0 Å². The van der Waals surface area contributed by atoms with E-state index in [1.165, 1.54) is 0 Å². The fourth-order valence-corrected chi connectivity index (χ4v) is 1.54. The van der Waals surface area contributed by atoms with E-state index < -0.39 is 0 Å². The van der Waals surface area contributed by atoms with Crippen molar-refractivity contribution in [3.8, 4) is 17.1 Å². The molecule has 0 saturated heterocycles. The highest BCUT2D eigenvalue weighted by Crippen LogP contribution is 2.33. The van der Waals surface area contributed by atoms with Gasteiger partial charge in [-0.3, -0.25) is 5.10 Å². The third kappa shape index (κ3) is 1.73. The summed E-state index contributed by atoms with van der Waals surface area (Å²) < 4.78 is 5.09. The first-order valence-corrected chi connectivity index (χ1v) is 4.61. The van der Waals surface area contributed by atoms with Crippen molar-refractivity contribution in [1.29, 1.82) is 0 Å². The van der Waals surface area contributed by atoms with Crippen LogP contribution in [0.5, 0.6) is 5.75 Å². The molecule has 0 spiro atoms. The van der Waals surface area contributed by atoms with Crippen molar-refractivity contribution in [3.05, 3.63) is 23.2 Å². The van der Waals surface area contributed by atoms with Gasteiger partial charge in [0, 0.05) is 5.56 Å². The Hall–Kier alpha value is -1.75. The number of rotatable bonds is 2. The summed E-state index contributed by atoms with van der Waals surface area (Å²) >= 11 is 6.10. The number of ether oxygens (including phenoxy) is 1. The SMILES string of the molecule is COc1cccc(-c2nc(N)n[nH]2)c1Cl. The van der Waals surface area contributed by atoms with E-state index in [2.05, 4.69) is 15.2 Å². The Balaban J connectivity index is 2.53. The molecule has 0 bridgehead atoms. The Morgan fingerprint density at radius 2 is 2.27 bits per heavy atom. The van der Waals surface area contributed by atoms with Crippen molar-refractivity contribution >= 4 is 17.5 Å². The van der Waals surface area contributed by atoms with Crippen LogP contribution in [0.25, 0.3) is 11.4 Å². The molecule has 5 nitrogen and oxygen atoms in total. The van der Waals surface area contributed by atoms with Gasteiger partial charge in [0.25, 0.3) is 0 Å². The molecular weight excluding hydrogens is 216 g/mol. The van der Waals surface area contributed by atoms with Gasteiger partial charge >= 0.3 is 0 Å². The summed E-state index contributed by atoms with van der Waals surface area (Å²) in [6.07, 6.45) is 0. The Bertz CT molecular complexity index is 483. The molecule has 15 heavy (non-hydrogen) atoms. The second kappa shape index (κ2) is 3.78. The summed E-state index contributed by atoms with van der Waals surface area (Å²) in [5.74, 6) is 1.30. The van der Waals surface area contributed by atoms with Gasteiger partial charge in [0.15, 0.2) is 5.82 Å². The van der Waals surface area contributed by atoms with Crippen LogP contribution in [0, 0.1) is 0 Å². The molecule has 0 atom stereocenters. The van der Waals surface area contributed by atoms with Crippen molar-refractivity contribution in [1.82, 2.24) is 15.2 Å². The zero-order valence-corrected chi connectivity index (χ0v) is 8.75. The van der Waals surface area contributed by atoms with Gasteiger partial charge in [-0.2, -0.15) is 4.98 Å². The maximum atomic E-state index is 6.10. The molecule has 2 aromatic rings.